The van der Waals surface area contributed by atoms with Gasteiger partial charge in [0.1, 0.15) is 11.5 Å². The molecule has 0 saturated heterocycles. The number of aromatic hydroxyl groups is 2. The Kier molecular flexibility index (Phi) is 7.02. The molecule has 2 N–H and O–H groups in total. The lowest BCUT2D eigenvalue weighted by atomic mass is 9.82. The normalized spacial score (nSPS) is 12.4. The van der Waals surface area contributed by atoms with E-state index >= 15 is 0 Å². The molecule has 0 aliphatic heterocycles. The maximum Gasteiger partial charge on any atom is 0.124 e. The highest BCUT2D eigenvalue weighted by molar-refractivity contribution is 5.52. The molecule has 0 unspecified atom stereocenters. The van der Waals surface area contributed by atoms with Gasteiger partial charge in [-0.15, -0.1) is 0 Å². The molecule has 29 heavy (non-hydrogen) atoms. The lowest BCUT2D eigenvalue weighted by Crippen LogP contribution is -2.14. The largest absolute Gasteiger partial charge is 0.507 e. The maximum absolute atomic E-state index is 10.9. The first-order valence-electron chi connectivity index (χ1n) is 10.1. The summed E-state index contributed by atoms with van der Waals surface area (Å²) in [7, 11) is 3.25. The molecule has 2 aromatic carbocycles. The third kappa shape index (κ3) is 5.52. The summed E-state index contributed by atoms with van der Waals surface area (Å²) < 4.78 is 10.6. The molecule has 0 atom stereocenters. The summed E-state index contributed by atoms with van der Waals surface area (Å²) in [6.45, 7) is 13.6. The summed E-state index contributed by atoms with van der Waals surface area (Å²) in [5.74, 6) is 0.461. The van der Waals surface area contributed by atoms with Gasteiger partial charge >= 0.3 is 0 Å². The van der Waals surface area contributed by atoms with Gasteiger partial charge in [0, 0.05) is 31.8 Å². The molecule has 0 heterocycles. The van der Waals surface area contributed by atoms with E-state index in [4.69, 9.17) is 9.47 Å². The van der Waals surface area contributed by atoms with Gasteiger partial charge < -0.3 is 19.7 Å². The SMILES string of the molecule is COCc1cc(C(C)(C)C)cc(Cc2cc(C(C)(C)C)cc(COC)c2O)c1O. The van der Waals surface area contributed by atoms with Crippen LogP contribution in [-0.2, 0) is 39.9 Å². The topological polar surface area (TPSA) is 58.9 Å². The Hall–Kier alpha value is -2.04. The second kappa shape index (κ2) is 8.76. The quantitative estimate of drug-likeness (QED) is 0.665. The molecule has 4 heteroatoms. The maximum atomic E-state index is 10.9. The van der Waals surface area contributed by atoms with Gasteiger partial charge in [-0.3, -0.25) is 0 Å². The first kappa shape index (κ1) is 23.2. The van der Waals surface area contributed by atoms with Crippen molar-refractivity contribution in [1.29, 1.82) is 0 Å². The van der Waals surface area contributed by atoms with E-state index < -0.39 is 0 Å². The van der Waals surface area contributed by atoms with Gasteiger partial charge in [-0.1, -0.05) is 53.7 Å². The number of hydrogen-bond donors (Lipinski definition) is 2. The van der Waals surface area contributed by atoms with Crippen molar-refractivity contribution in [1.82, 2.24) is 0 Å². The van der Waals surface area contributed by atoms with E-state index in [2.05, 4.69) is 41.5 Å². The molecule has 0 aliphatic rings. The summed E-state index contributed by atoms with van der Waals surface area (Å²) in [6, 6.07) is 8.08. The fraction of sp³-hybridized carbons (Fsp3) is 0.520. The molecule has 0 aliphatic carbocycles. The Bertz CT molecular complexity index is 783. The van der Waals surface area contributed by atoms with Crippen LogP contribution < -0.4 is 0 Å². The number of phenolic OH excluding ortho intramolecular Hbond substituents is 2. The van der Waals surface area contributed by atoms with Gasteiger partial charge in [0.05, 0.1) is 13.2 Å². The minimum absolute atomic E-state index is 0.0680. The first-order valence-corrected chi connectivity index (χ1v) is 10.1. The highest BCUT2D eigenvalue weighted by atomic mass is 16.5. The summed E-state index contributed by atoms with van der Waals surface area (Å²) in [6.07, 6.45) is 0.429. The van der Waals surface area contributed by atoms with Crippen molar-refractivity contribution in [3.05, 3.63) is 57.6 Å². The van der Waals surface area contributed by atoms with E-state index in [-0.39, 0.29) is 22.3 Å². The molecular formula is C25H36O4. The van der Waals surface area contributed by atoms with E-state index in [0.717, 1.165) is 33.4 Å². The van der Waals surface area contributed by atoms with Crippen LogP contribution >= 0.6 is 0 Å². The van der Waals surface area contributed by atoms with E-state index in [1.807, 2.05) is 24.3 Å². The van der Waals surface area contributed by atoms with Crippen molar-refractivity contribution in [3.8, 4) is 11.5 Å². The summed E-state index contributed by atoms with van der Waals surface area (Å²) >= 11 is 0. The lowest BCUT2D eigenvalue weighted by Gasteiger charge is -2.24. The zero-order chi connectivity index (χ0) is 22.0. The van der Waals surface area contributed by atoms with Gasteiger partial charge in [0.25, 0.3) is 0 Å². The third-order valence-corrected chi connectivity index (χ3v) is 5.25. The van der Waals surface area contributed by atoms with Crippen LogP contribution in [0.25, 0.3) is 0 Å². The predicted molar refractivity (Wildman–Crippen MR) is 118 cm³/mol. The second-order valence-corrected chi connectivity index (χ2v) is 9.83. The molecule has 2 aromatic rings. The fourth-order valence-corrected chi connectivity index (χ4v) is 3.39. The predicted octanol–water partition coefficient (Wildman–Crippen LogP) is 5.58. The Morgan fingerprint density at radius 3 is 1.21 bits per heavy atom. The van der Waals surface area contributed by atoms with Crippen molar-refractivity contribution >= 4 is 0 Å². The Balaban J connectivity index is 2.63. The molecule has 0 fully saturated rings. The Labute approximate surface area is 175 Å². The summed E-state index contributed by atoms with van der Waals surface area (Å²) in [5, 5.41) is 21.8. The lowest BCUT2D eigenvalue weighted by molar-refractivity contribution is 0.181. The third-order valence-electron chi connectivity index (χ3n) is 5.25. The van der Waals surface area contributed by atoms with Gasteiger partial charge in [-0.25, -0.2) is 0 Å². The summed E-state index contributed by atoms with van der Waals surface area (Å²) in [4.78, 5) is 0. The minimum atomic E-state index is -0.0680. The van der Waals surface area contributed by atoms with Crippen LogP contribution in [0, 0.1) is 0 Å². The number of methoxy groups -OCH3 is 2. The number of hydrogen-bond acceptors (Lipinski definition) is 4. The fourth-order valence-electron chi connectivity index (χ4n) is 3.39. The van der Waals surface area contributed by atoms with Crippen molar-refractivity contribution in [2.75, 3.05) is 14.2 Å². The van der Waals surface area contributed by atoms with Crippen LogP contribution in [0.15, 0.2) is 24.3 Å². The molecular weight excluding hydrogens is 364 g/mol. The average Bonchev–Trinajstić information content (AvgIpc) is 2.59. The molecule has 4 nitrogen and oxygen atoms in total. The number of phenols is 2. The van der Waals surface area contributed by atoms with Crippen molar-refractivity contribution in [3.63, 3.8) is 0 Å². The Morgan fingerprint density at radius 1 is 0.621 bits per heavy atom. The van der Waals surface area contributed by atoms with E-state index in [1.165, 1.54) is 0 Å². The monoisotopic (exact) mass is 400 g/mol. The molecule has 0 bridgehead atoms. The zero-order valence-corrected chi connectivity index (χ0v) is 19.1. The van der Waals surface area contributed by atoms with Gasteiger partial charge in [0.15, 0.2) is 0 Å². The zero-order valence-electron chi connectivity index (χ0n) is 19.1. The highest BCUT2D eigenvalue weighted by Crippen LogP contribution is 2.37. The van der Waals surface area contributed by atoms with Gasteiger partial charge in [-0.2, -0.15) is 0 Å². The number of ether oxygens (including phenoxy) is 2. The van der Waals surface area contributed by atoms with Crippen LogP contribution in [0.2, 0.25) is 0 Å². The van der Waals surface area contributed by atoms with E-state index in [1.54, 1.807) is 14.2 Å². The smallest absolute Gasteiger partial charge is 0.124 e. The molecule has 0 saturated carbocycles. The summed E-state index contributed by atoms with van der Waals surface area (Å²) in [5.41, 5.74) is 5.21. The van der Waals surface area contributed by atoms with E-state index in [0.29, 0.717) is 19.6 Å². The standard InChI is InChI=1S/C25H36O4/c1-24(2,3)20-10-16(22(26)18(12-20)14-28-7)9-17-11-21(25(4,5)6)13-19(15-29-8)23(17)27/h10-13,26-27H,9,14-15H2,1-8H3. The van der Waals surface area contributed by atoms with Crippen LogP contribution in [0.3, 0.4) is 0 Å². The minimum Gasteiger partial charge on any atom is -0.507 e. The number of benzene rings is 2. The molecule has 160 valence electrons. The van der Waals surface area contributed by atoms with Crippen LogP contribution in [0.1, 0.15) is 74.9 Å². The second-order valence-electron chi connectivity index (χ2n) is 9.83. The van der Waals surface area contributed by atoms with Gasteiger partial charge in [0.2, 0.25) is 0 Å². The van der Waals surface area contributed by atoms with E-state index in [9.17, 15) is 10.2 Å². The number of rotatable bonds is 6. The van der Waals surface area contributed by atoms with Crippen LogP contribution in [-0.4, -0.2) is 24.4 Å². The average molecular weight is 401 g/mol. The van der Waals surface area contributed by atoms with Crippen LogP contribution in [0.4, 0.5) is 0 Å². The Morgan fingerprint density at radius 2 is 0.931 bits per heavy atom. The molecule has 0 spiro atoms. The highest BCUT2D eigenvalue weighted by Gasteiger charge is 2.22. The van der Waals surface area contributed by atoms with Crippen LogP contribution in [0.5, 0.6) is 11.5 Å². The molecule has 2 rings (SSSR count). The molecule has 0 radical (unpaired) electrons. The molecule has 0 amide bonds. The van der Waals surface area contributed by atoms with Gasteiger partial charge in [-0.05, 0) is 45.2 Å². The van der Waals surface area contributed by atoms with Crippen molar-refractivity contribution < 1.29 is 19.7 Å². The van der Waals surface area contributed by atoms with Crippen molar-refractivity contribution in [2.45, 2.75) is 72.0 Å². The molecule has 0 aromatic heterocycles. The van der Waals surface area contributed by atoms with Crippen molar-refractivity contribution in [2.24, 2.45) is 0 Å². The first-order chi connectivity index (χ1) is 13.4.